The van der Waals surface area contributed by atoms with E-state index in [1.165, 1.54) is 0 Å². The van der Waals surface area contributed by atoms with Crippen LogP contribution in [0, 0.1) is 0 Å². The second-order valence-electron chi connectivity index (χ2n) is 3.56. The van der Waals surface area contributed by atoms with Gasteiger partial charge in [-0.05, 0) is 18.2 Å². The van der Waals surface area contributed by atoms with Crippen LogP contribution >= 0.6 is 27.3 Å². The second kappa shape index (κ2) is 4.47. The largest absolute Gasteiger partial charge is 0.472 e. The smallest absolute Gasteiger partial charge is 0.127 e. The van der Waals surface area contributed by atoms with Crippen molar-refractivity contribution in [1.82, 2.24) is 4.98 Å². The number of aromatic nitrogens is 1. The summed E-state index contributed by atoms with van der Waals surface area (Å²) >= 11 is 5.09. The first-order valence-electron chi connectivity index (χ1n) is 5.07. The number of furan rings is 1. The van der Waals surface area contributed by atoms with Crippen LogP contribution in [0.3, 0.4) is 0 Å². The van der Waals surface area contributed by atoms with Crippen LogP contribution in [0.1, 0.15) is 0 Å². The Kier molecular flexibility index (Phi) is 2.82. The molecule has 4 heteroatoms. The van der Waals surface area contributed by atoms with Gasteiger partial charge in [0.25, 0.3) is 0 Å². The van der Waals surface area contributed by atoms with Crippen molar-refractivity contribution in [2.45, 2.75) is 0 Å². The van der Waals surface area contributed by atoms with Crippen LogP contribution in [-0.4, -0.2) is 4.98 Å². The van der Waals surface area contributed by atoms with Crippen molar-refractivity contribution in [2.75, 3.05) is 0 Å². The standard InChI is InChI=1S/C13H8BrNOS/c14-11-3-1-2-9(6-11)12-8-17-13(15-12)10-4-5-16-7-10/h1-8H. The summed E-state index contributed by atoms with van der Waals surface area (Å²) in [5.74, 6) is 0. The summed E-state index contributed by atoms with van der Waals surface area (Å²) < 4.78 is 6.12. The summed E-state index contributed by atoms with van der Waals surface area (Å²) in [7, 11) is 0. The van der Waals surface area contributed by atoms with E-state index in [2.05, 4.69) is 38.4 Å². The summed E-state index contributed by atoms with van der Waals surface area (Å²) in [6.45, 7) is 0. The Morgan fingerprint density at radius 1 is 1.18 bits per heavy atom. The lowest BCUT2D eigenvalue weighted by Gasteiger charge is -1.96. The van der Waals surface area contributed by atoms with Crippen molar-refractivity contribution in [3.05, 3.63) is 52.7 Å². The molecule has 0 aliphatic rings. The topological polar surface area (TPSA) is 26.0 Å². The van der Waals surface area contributed by atoms with E-state index in [0.717, 1.165) is 26.3 Å². The van der Waals surface area contributed by atoms with Gasteiger partial charge in [-0.1, -0.05) is 28.1 Å². The molecule has 2 aromatic heterocycles. The molecular weight excluding hydrogens is 298 g/mol. The summed E-state index contributed by atoms with van der Waals surface area (Å²) in [6.07, 6.45) is 3.37. The molecule has 1 aromatic carbocycles. The maximum atomic E-state index is 5.06. The predicted octanol–water partition coefficient (Wildman–Crippen LogP) is 4.83. The fourth-order valence-corrected chi connectivity index (χ4v) is 2.79. The van der Waals surface area contributed by atoms with Gasteiger partial charge in [0, 0.05) is 21.0 Å². The molecule has 3 aromatic rings. The summed E-state index contributed by atoms with van der Waals surface area (Å²) in [4.78, 5) is 4.60. The predicted molar refractivity (Wildman–Crippen MR) is 73.0 cm³/mol. The first kappa shape index (κ1) is 10.7. The Hall–Kier alpha value is -1.39. The Morgan fingerprint density at radius 3 is 2.88 bits per heavy atom. The van der Waals surface area contributed by atoms with E-state index in [-0.39, 0.29) is 0 Å². The van der Waals surface area contributed by atoms with Crippen molar-refractivity contribution < 1.29 is 4.42 Å². The quantitative estimate of drug-likeness (QED) is 0.677. The molecular formula is C13H8BrNOS. The van der Waals surface area contributed by atoms with E-state index in [4.69, 9.17) is 4.42 Å². The SMILES string of the molecule is Brc1cccc(-c2csc(-c3ccoc3)n2)c1. The molecule has 2 heterocycles. The van der Waals surface area contributed by atoms with Crippen LogP contribution in [0.5, 0.6) is 0 Å². The minimum atomic E-state index is 0.980. The van der Waals surface area contributed by atoms with E-state index in [1.807, 2.05) is 18.2 Å². The number of hydrogen-bond acceptors (Lipinski definition) is 3. The van der Waals surface area contributed by atoms with Gasteiger partial charge in [0.15, 0.2) is 0 Å². The van der Waals surface area contributed by atoms with Gasteiger partial charge in [-0.15, -0.1) is 11.3 Å². The molecule has 0 aliphatic heterocycles. The van der Waals surface area contributed by atoms with Gasteiger partial charge >= 0.3 is 0 Å². The van der Waals surface area contributed by atoms with Gasteiger partial charge in [0.2, 0.25) is 0 Å². The Bertz CT molecular complexity index is 630. The lowest BCUT2D eigenvalue weighted by Crippen LogP contribution is -1.78. The van der Waals surface area contributed by atoms with Crippen LogP contribution in [0.25, 0.3) is 21.8 Å². The fourth-order valence-electron chi connectivity index (χ4n) is 1.57. The first-order chi connectivity index (χ1) is 8.33. The van der Waals surface area contributed by atoms with Crippen LogP contribution in [0.4, 0.5) is 0 Å². The fraction of sp³-hybridized carbons (Fsp3) is 0. The van der Waals surface area contributed by atoms with Crippen LogP contribution < -0.4 is 0 Å². The van der Waals surface area contributed by atoms with E-state index < -0.39 is 0 Å². The number of halogens is 1. The van der Waals surface area contributed by atoms with Crippen molar-refractivity contribution in [3.63, 3.8) is 0 Å². The lowest BCUT2D eigenvalue weighted by molar-refractivity contribution is 0.568. The lowest BCUT2D eigenvalue weighted by atomic mass is 10.2. The molecule has 2 nitrogen and oxygen atoms in total. The van der Waals surface area contributed by atoms with Gasteiger partial charge in [-0.25, -0.2) is 4.98 Å². The average Bonchev–Trinajstić information content (AvgIpc) is 3.00. The third-order valence-corrected chi connectivity index (χ3v) is 3.78. The number of benzene rings is 1. The minimum Gasteiger partial charge on any atom is -0.472 e. The Morgan fingerprint density at radius 2 is 2.12 bits per heavy atom. The van der Waals surface area contributed by atoms with E-state index in [0.29, 0.717) is 0 Å². The molecule has 17 heavy (non-hydrogen) atoms. The Labute approximate surface area is 111 Å². The summed E-state index contributed by atoms with van der Waals surface area (Å²) in [6, 6.07) is 10.1. The molecule has 0 N–H and O–H groups in total. The molecule has 0 saturated carbocycles. The molecule has 0 unspecified atom stereocenters. The number of hydrogen-bond donors (Lipinski definition) is 0. The van der Waals surface area contributed by atoms with Gasteiger partial charge in [-0.3, -0.25) is 0 Å². The van der Waals surface area contributed by atoms with Gasteiger partial charge in [-0.2, -0.15) is 0 Å². The maximum Gasteiger partial charge on any atom is 0.127 e. The third-order valence-electron chi connectivity index (χ3n) is 2.39. The number of nitrogens with zero attached hydrogens (tertiary/aromatic N) is 1. The summed E-state index contributed by atoms with van der Waals surface area (Å²) in [5.41, 5.74) is 3.13. The average molecular weight is 306 g/mol. The Balaban J connectivity index is 2.01. The van der Waals surface area contributed by atoms with E-state index >= 15 is 0 Å². The van der Waals surface area contributed by atoms with Crippen LogP contribution in [-0.2, 0) is 0 Å². The van der Waals surface area contributed by atoms with Crippen molar-refractivity contribution >= 4 is 27.3 Å². The zero-order valence-electron chi connectivity index (χ0n) is 8.76. The maximum absolute atomic E-state index is 5.06. The van der Waals surface area contributed by atoms with Gasteiger partial charge in [0.1, 0.15) is 11.3 Å². The molecule has 3 rings (SSSR count). The van der Waals surface area contributed by atoms with Crippen LogP contribution in [0.15, 0.2) is 57.1 Å². The molecule has 0 spiro atoms. The van der Waals surface area contributed by atoms with Crippen LogP contribution in [0.2, 0.25) is 0 Å². The second-order valence-corrected chi connectivity index (χ2v) is 5.33. The zero-order chi connectivity index (χ0) is 11.7. The molecule has 0 atom stereocenters. The molecule has 0 aliphatic carbocycles. The third kappa shape index (κ3) is 2.18. The molecule has 0 radical (unpaired) electrons. The highest BCUT2D eigenvalue weighted by atomic mass is 79.9. The van der Waals surface area contributed by atoms with Gasteiger partial charge in [0.05, 0.1) is 12.0 Å². The van der Waals surface area contributed by atoms with Gasteiger partial charge < -0.3 is 4.42 Å². The summed E-state index contributed by atoms with van der Waals surface area (Å²) in [5, 5.41) is 3.04. The molecule has 0 fully saturated rings. The highest BCUT2D eigenvalue weighted by molar-refractivity contribution is 9.10. The first-order valence-corrected chi connectivity index (χ1v) is 6.74. The van der Waals surface area contributed by atoms with E-state index in [9.17, 15) is 0 Å². The highest BCUT2D eigenvalue weighted by Gasteiger charge is 2.07. The van der Waals surface area contributed by atoms with E-state index in [1.54, 1.807) is 23.9 Å². The van der Waals surface area contributed by atoms with Crippen molar-refractivity contribution in [1.29, 1.82) is 0 Å². The molecule has 84 valence electrons. The monoisotopic (exact) mass is 305 g/mol. The number of thiazole rings is 1. The molecule has 0 bridgehead atoms. The minimum absolute atomic E-state index is 0.980. The van der Waals surface area contributed by atoms with Crippen molar-refractivity contribution in [3.8, 4) is 21.8 Å². The highest BCUT2D eigenvalue weighted by Crippen LogP contribution is 2.29. The molecule has 0 amide bonds. The number of rotatable bonds is 2. The van der Waals surface area contributed by atoms with Crippen molar-refractivity contribution in [2.24, 2.45) is 0 Å². The molecule has 0 saturated heterocycles. The normalized spacial score (nSPS) is 10.6. The zero-order valence-corrected chi connectivity index (χ0v) is 11.2.